The molecular formula is C101H115Cl3N4O17. The summed E-state index contributed by atoms with van der Waals surface area (Å²) in [5, 5.41) is 28.8. The van der Waals surface area contributed by atoms with Crippen LogP contribution < -0.4 is 54.8 Å². The van der Waals surface area contributed by atoms with Crippen molar-refractivity contribution in [1.29, 1.82) is 0 Å². The molecule has 125 heavy (non-hydrogen) atoms. The van der Waals surface area contributed by atoms with E-state index in [2.05, 4.69) is 46.3 Å². The number of aromatic hydroxyl groups is 1. The number of fused-ring (bicyclic) bond motifs is 5. The van der Waals surface area contributed by atoms with Crippen molar-refractivity contribution >= 4 is 76.0 Å². The van der Waals surface area contributed by atoms with Gasteiger partial charge in [-0.05, 0) is 393 Å². The molecule has 22 rings (SSSR count). The second-order valence-corrected chi connectivity index (χ2v) is 37.5. The number of aliphatic carboxylic acids is 1. The maximum absolute atomic E-state index is 12.5. The summed E-state index contributed by atoms with van der Waals surface area (Å²) < 4.78 is 43.3. The van der Waals surface area contributed by atoms with Crippen LogP contribution in [-0.4, -0.2) is 126 Å². The van der Waals surface area contributed by atoms with Crippen LogP contribution >= 0.6 is 34.8 Å². The van der Waals surface area contributed by atoms with Gasteiger partial charge in [-0.2, -0.15) is 0 Å². The summed E-state index contributed by atoms with van der Waals surface area (Å²) in [7, 11) is 0. The molecule has 6 bridgehead atoms. The molecule has 662 valence electrons. The Labute approximate surface area is 747 Å². The zero-order valence-corrected chi connectivity index (χ0v) is 73.7. The minimum absolute atomic E-state index is 0.00428. The topological polar surface area (TPSA) is 296 Å². The number of amides is 3. The molecule has 8 aromatic rings. The third kappa shape index (κ3) is 25.3. The lowest BCUT2D eigenvalue weighted by Gasteiger charge is -2.70. The number of phenols is 1. The Hall–Kier alpha value is -10.3. The molecule has 0 radical (unpaired) electrons. The summed E-state index contributed by atoms with van der Waals surface area (Å²) in [4.78, 5) is 82.7. The van der Waals surface area contributed by atoms with Crippen LogP contribution in [-0.2, 0) is 103 Å². The molecule has 0 atom stereocenters. The standard InChI is InChI=1S/2C26H28ClNO4.C14H18O3.C13H15ClN2O2.C12H14O3.C10H12O/c2*27-20-6-9-22(10-7-20)32-14-24(30)28-26-15-25(16-26,17-26)12-21(29)13-31-23-8-5-18-3-1-2-4-19(18)11-23;1-2-16-14(15)10-17-13-8-7-11-5-3-4-6-12(11)9-13;14-9-1-3-10(4-2-9)18-5-11(17)16-13-6-12(15,7-13)8-13;13-12(14)8-15-11-6-5-9-3-1-2-4-10(9)7-11;11-10-6-5-8-3-1-2-4-9(8)7-10/h2*5-11H,1-4,12-17H2,(H,28,30);7-9H,2-6,10H2,1H3;1-4H,5-8,15H2,(H,16,17);5-7H,1-4,8H2,(H,13,14);5-7,11H,1-4H2. The number of halogens is 3. The first-order chi connectivity index (χ1) is 60.2. The average Bonchev–Trinajstić information content (AvgIpc) is 0.677. The largest absolute Gasteiger partial charge is 0.508 e. The molecule has 21 nitrogen and oxygen atoms in total. The number of hydrogen-bond donors (Lipinski definition) is 6. The van der Waals surface area contributed by atoms with Crippen molar-refractivity contribution in [2.24, 2.45) is 16.6 Å². The number of hydrogen-bond acceptors (Lipinski definition) is 17. The van der Waals surface area contributed by atoms with Crippen molar-refractivity contribution < 1.29 is 81.7 Å². The maximum atomic E-state index is 12.5. The molecule has 0 saturated heterocycles. The Morgan fingerprint density at radius 1 is 0.328 bits per heavy atom. The summed E-state index contributed by atoms with van der Waals surface area (Å²) in [5.41, 5.74) is 19.5. The zero-order chi connectivity index (χ0) is 87.6. The highest BCUT2D eigenvalue weighted by Crippen LogP contribution is 2.70. The predicted molar refractivity (Wildman–Crippen MR) is 479 cm³/mol. The SMILES string of the molecule is CCOC(=O)COc1ccc2c(c1)CCCC2.NC12CC(NC(=O)COc3ccc(Cl)cc3)(C1)C2.O=C(COc1ccc2c(c1)CCCC2)CC12CC(NC(=O)COc3ccc(Cl)cc3)(C1)C2.O=C(COc1ccc2c(c1)CCCC2)CC12CC(NC(=O)COc3ccc(Cl)cc3)(C1)C2.O=C(O)COc1ccc2c(c1)CCCC2.Oc1ccc2c(c1)CCCC2. The summed E-state index contributed by atoms with van der Waals surface area (Å²) in [5.74, 6) is 3.95. The van der Waals surface area contributed by atoms with Crippen LogP contribution in [0.15, 0.2) is 164 Å². The van der Waals surface area contributed by atoms with E-state index in [1.807, 2.05) is 54.6 Å². The summed E-state index contributed by atoms with van der Waals surface area (Å²) in [6, 6.07) is 50.9. The van der Waals surface area contributed by atoms with Gasteiger partial charge in [-0.15, -0.1) is 0 Å². The van der Waals surface area contributed by atoms with E-state index < -0.39 is 5.97 Å². The number of esters is 1. The normalized spacial score (nSPS) is 22.5. The van der Waals surface area contributed by atoms with Gasteiger partial charge in [-0.25, -0.2) is 9.59 Å². The number of Topliss-reactive ketones (excluding diaryl/α,β-unsaturated/α-hetero) is 2. The number of aryl methyl sites for hydroxylation is 10. The smallest absolute Gasteiger partial charge is 0.344 e. The fourth-order valence-electron chi connectivity index (χ4n) is 20.3. The molecular weight excluding hydrogens is 1650 g/mol. The lowest BCUT2D eigenvalue weighted by Crippen LogP contribution is -2.82. The van der Waals surface area contributed by atoms with E-state index in [1.165, 1.54) is 126 Å². The molecule has 14 aliphatic carbocycles. The van der Waals surface area contributed by atoms with E-state index in [1.54, 1.807) is 85.8 Å². The molecule has 3 amide bonds. The zero-order valence-electron chi connectivity index (χ0n) is 71.4. The van der Waals surface area contributed by atoms with Gasteiger partial charge in [0, 0.05) is 50.1 Å². The first-order valence-corrected chi connectivity index (χ1v) is 45.5. The third-order valence-electron chi connectivity index (χ3n) is 25.7. The van der Waals surface area contributed by atoms with Crippen LogP contribution in [0.25, 0.3) is 0 Å². The van der Waals surface area contributed by atoms with Crippen molar-refractivity contribution in [3.63, 3.8) is 0 Å². The molecule has 0 unspecified atom stereocenters. The van der Waals surface area contributed by atoms with Crippen molar-refractivity contribution in [2.45, 2.75) is 228 Å². The van der Waals surface area contributed by atoms with E-state index >= 15 is 0 Å². The molecule has 9 fully saturated rings. The number of carboxylic acids is 1. The van der Waals surface area contributed by atoms with Gasteiger partial charge in [0.2, 0.25) is 0 Å². The number of nitrogens with one attached hydrogen (secondary N) is 3. The van der Waals surface area contributed by atoms with E-state index in [0.717, 1.165) is 133 Å². The number of benzene rings is 8. The van der Waals surface area contributed by atoms with Crippen molar-refractivity contribution in [1.82, 2.24) is 16.0 Å². The Morgan fingerprint density at radius 3 is 0.880 bits per heavy atom. The van der Waals surface area contributed by atoms with Crippen LogP contribution in [0, 0.1) is 10.8 Å². The quantitative estimate of drug-likeness (QED) is 0.0237. The van der Waals surface area contributed by atoms with Crippen LogP contribution in [0.1, 0.15) is 197 Å². The highest BCUT2D eigenvalue weighted by atomic mass is 35.5. The first kappa shape index (κ1) is 90.9. The van der Waals surface area contributed by atoms with Crippen LogP contribution in [0.4, 0.5) is 0 Å². The van der Waals surface area contributed by atoms with Crippen molar-refractivity contribution in [3.8, 4) is 46.0 Å². The second-order valence-electron chi connectivity index (χ2n) is 36.2. The molecule has 14 aliphatic rings. The molecule has 9 saturated carbocycles. The summed E-state index contributed by atoms with van der Waals surface area (Å²) in [6.45, 7) is 2.13. The summed E-state index contributed by atoms with van der Waals surface area (Å²) in [6.07, 6.45) is 32.7. The molecule has 7 N–H and O–H groups in total. The lowest BCUT2D eigenvalue weighted by atomic mass is 9.38. The summed E-state index contributed by atoms with van der Waals surface area (Å²) >= 11 is 17.5. The van der Waals surface area contributed by atoms with Gasteiger partial charge in [0.1, 0.15) is 59.2 Å². The fraction of sp³-hybridized carbons (Fsp3) is 0.455. The first-order valence-electron chi connectivity index (χ1n) is 44.3. The average molecular weight is 1760 g/mol. The molecule has 0 aliphatic heterocycles. The highest BCUT2D eigenvalue weighted by molar-refractivity contribution is 6.31. The Morgan fingerprint density at radius 2 is 0.584 bits per heavy atom. The highest BCUT2D eigenvalue weighted by Gasteiger charge is 2.70. The Kier molecular flexibility index (Phi) is 30.1. The second kappa shape index (κ2) is 41.4. The monoisotopic (exact) mass is 1760 g/mol. The number of carbonyl (C=O) groups excluding carboxylic acids is 6. The van der Waals surface area contributed by atoms with E-state index in [4.69, 9.17) is 83.5 Å². The van der Waals surface area contributed by atoms with Gasteiger partial charge in [0.15, 0.2) is 44.6 Å². The van der Waals surface area contributed by atoms with Crippen LogP contribution in [0.3, 0.4) is 0 Å². The number of rotatable bonds is 29. The van der Waals surface area contributed by atoms with Gasteiger partial charge < -0.3 is 69.8 Å². The van der Waals surface area contributed by atoms with Gasteiger partial charge >= 0.3 is 11.9 Å². The van der Waals surface area contributed by atoms with E-state index in [-0.39, 0.29) is 114 Å². The van der Waals surface area contributed by atoms with E-state index in [0.29, 0.717) is 63.3 Å². The number of ketones is 2. The fourth-order valence-corrected chi connectivity index (χ4v) is 20.7. The minimum Gasteiger partial charge on any atom is -0.508 e. The van der Waals surface area contributed by atoms with Crippen LogP contribution in [0.2, 0.25) is 15.1 Å². The molecule has 0 heterocycles. The van der Waals surface area contributed by atoms with E-state index in [9.17, 15) is 38.7 Å². The number of nitrogens with two attached hydrogens (primary N) is 1. The van der Waals surface area contributed by atoms with Gasteiger partial charge in [0.25, 0.3) is 17.7 Å². The lowest BCUT2D eigenvalue weighted by molar-refractivity contribution is -0.174. The third-order valence-corrected chi connectivity index (χ3v) is 26.5. The minimum atomic E-state index is -0.937. The van der Waals surface area contributed by atoms with Gasteiger partial charge in [-0.3, -0.25) is 24.0 Å². The number of carbonyl (C=O) groups is 7. The Bertz CT molecular complexity index is 4930. The predicted octanol–water partition coefficient (Wildman–Crippen LogP) is 17.6. The molecule has 0 spiro atoms. The van der Waals surface area contributed by atoms with Crippen molar-refractivity contribution in [3.05, 3.63) is 234 Å². The molecule has 0 aromatic heterocycles. The Balaban J connectivity index is 0.000000127. The number of carboxylic acid groups (broad SMARTS) is 1. The number of ether oxygens (including phenoxy) is 8. The van der Waals surface area contributed by atoms with Gasteiger partial charge in [0.05, 0.1) is 6.61 Å². The molecule has 8 aromatic carbocycles. The van der Waals surface area contributed by atoms with Crippen molar-refractivity contribution in [2.75, 3.05) is 52.9 Å². The molecule has 24 heteroatoms. The van der Waals surface area contributed by atoms with Gasteiger partial charge in [-0.1, -0.05) is 65.1 Å². The maximum Gasteiger partial charge on any atom is 0.344 e. The number of phenolic OH excluding ortho intramolecular Hbond substituents is 1. The van der Waals surface area contributed by atoms with Crippen LogP contribution in [0.5, 0.6) is 46.0 Å².